The number of pyridine rings is 1. The second-order valence-electron chi connectivity index (χ2n) is 6.06. The van der Waals surface area contributed by atoms with Crippen molar-refractivity contribution >= 4 is 0 Å². The lowest BCUT2D eigenvalue weighted by molar-refractivity contribution is 0.582. The van der Waals surface area contributed by atoms with Gasteiger partial charge in [-0.3, -0.25) is 0 Å². The molecule has 24 heavy (non-hydrogen) atoms. The van der Waals surface area contributed by atoms with Crippen molar-refractivity contribution in [2.24, 2.45) is 0 Å². The monoisotopic (exact) mass is 309 g/mol. The first-order valence-corrected chi connectivity index (χ1v) is 8.11. The Morgan fingerprint density at radius 1 is 0.792 bits per heavy atom. The standard InChI is InChI=1S/C22H15NO/c1-2-7-15(8-3-1)20-14-18(21-11-6-12-24-21)19-13-16-9-4-5-10-17(16)22(19)23-20/h1-12,14H,13H2. The quantitative estimate of drug-likeness (QED) is 0.425. The maximum Gasteiger partial charge on any atom is 0.134 e. The molecule has 0 spiro atoms. The summed E-state index contributed by atoms with van der Waals surface area (Å²) < 4.78 is 5.71. The lowest BCUT2D eigenvalue weighted by Gasteiger charge is -2.10. The van der Waals surface area contributed by atoms with Gasteiger partial charge in [0.05, 0.1) is 17.7 Å². The zero-order valence-corrected chi connectivity index (χ0v) is 13.1. The summed E-state index contributed by atoms with van der Waals surface area (Å²) in [7, 11) is 0. The van der Waals surface area contributed by atoms with E-state index in [9.17, 15) is 0 Å². The van der Waals surface area contributed by atoms with E-state index in [-0.39, 0.29) is 0 Å². The Kier molecular flexibility index (Phi) is 2.89. The molecular formula is C22H15NO. The van der Waals surface area contributed by atoms with E-state index in [1.54, 1.807) is 6.26 Å². The van der Waals surface area contributed by atoms with Crippen LogP contribution in [0.1, 0.15) is 11.1 Å². The molecule has 2 aromatic carbocycles. The van der Waals surface area contributed by atoms with Crippen molar-refractivity contribution in [1.82, 2.24) is 4.98 Å². The summed E-state index contributed by atoms with van der Waals surface area (Å²) in [5.41, 5.74) is 8.15. The van der Waals surface area contributed by atoms with Crippen LogP contribution in [0.15, 0.2) is 83.5 Å². The van der Waals surface area contributed by atoms with Gasteiger partial charge in [0.2, 0.25) is 0 Å². The van der Waals surface area contributed by atoms with Crippen LogP contribution in [0.2, 0.25) is 0 Å². The molecule has 5 rings (SSSR count). The number of fused-ring (bicyclic) bond motifs is 3. The first kappa shape index (κ1) is 13.3. The molecule has 1 aliphatic carbocycles. The number of aromatic nitrogens is 1. The van der Waals surface area contributed by atoms with Gasteiger partial charge in [-0.25, -0.2) is 4.98 Å². The van der Waals surface area contributed by atoms with E-state index in [2.05, 4.69) is 42.5 Å². The average molecular weight is 309 g/mol. The van der Waals surface area contributed by atoms with Crippen LogP contribution in [0, 0.1) is 0 Å². The van der Waals surface area contributed by atoms with E-state index in [1.165, 1.54) is 16.7 Å². The lowest BCUT2D eigenvalue weighted by atomic mass is 10.0. The minimum Gasteiger partial charge on any atom is -0.464 e. The molecule has 0 fully saturated rings. The molecule has 4 aromatic rings. The maximum atomic E-state index is 5.71. The van der Waals surface area contributed by atoms with E-state index < -0.39 is 0 Å². The zero-order chi connectivity index (χ0) is 15.9. The maximum absolute atomic E-state index is 5.71. The smallest absolute Gasteiger partial charge is 0.134 e. The summed E-state index contributed by atoms with van der Waals surface area (Å²) in [5, 5.41) is 0. The minimum atomic E-state index is 0.902. The van der Waals surface area contributed by atoms with Gasteiger partial charge in [-0.1, -0.05) is 54.6 Å². The molecular weight excluding hydrogens is 294 g/mol. The third-order valence-electron chi connectivity index (χ3n) is 4.62. The Morgan fingerprint density at radius 2 is 1.62 bits per heavy atom. The van der Waals surface area contributed by atoms with Crippen LogP contribution < -0.4 is 0 Å². The van der Waals surface area contributed by atoms with Crippen molar-refractivity contribution in [3.8, 4) is 33.8 Å². The molecule has 2 aromatic heterocycles. The van der Waals surface area contributed by atoms with Crippen LogP contribution in [0.25, 0.3) is 33.8 Å². The van der Waals surface area contributed by atoms with Crippen LogP contribution >= 0.6 is 0 Å². The van der Waals surface area contributed by atoms with Gasteiger partial charge in [0.15, 0.2) is 0 Å². The van der Waals surface area contributed by atoms with Crippen molar-refractivity contribution in [2.75, 3.05) is 0 Å². The van der Waals surface area contributed by atoms with Crippen LogP contribution in [-0.2, 0) is 6.42 Å². The Hall–Kier alpha value is -3.13. The van der Waals surface area contributed by atoms with Gasteiger partial charge in [0, 0.05) is 23.1 Å². The van der Waals surface area contributed by atoms with E-state index >= 15 is 0 Å². The third-order valence-corrected chi connectivity index (χ3v) is 4.62. The van der Waals surface area contributed by atoms with Crippen LogP contribution in [0.4, 0.5) is 0 Å². The number of nitrogens with zero attached hydrogens (tertiary/aromatic N) is 1. The van der Waals surface area contributed by atoms with Gasteiger partial charge in [-0.2, -0.15) is 0 Å². The first-order valence-electron chi connectivity index (χ1n) is 8.11. The molecule has 0 N–H and O–H groups in total. The van der Waals surface area contributed by atoms with E-state index in [1.807, 2.05) is 30.3 Å². The van der Waals surface area contributed by atoms with Crippen LogP contribution in [0.5, 0.6) is 0 Å². The molecule has 2 heterocycles. The molecule has 0 atom stereocenters. The van der Waals surface area contributed by atoms with Crippen molar-refractivity contribution in [1.29, 1.82) is 0 Å². The fourth-order valence-electron chi connectivity index (χ4n) is 3.48. The molecule has 0 saturated carbocycles. The van der Waals surface area contributed by atoms with Gasteiger partial charge in [0.1, 0.15) is 5.76 Å². The molecule has 0 radical (unpaired) electrons. The summed E-state index contributed by atoms with van der Waals surface area (Å²) in [4.78, 5) is 4.99. The number of benzene rings is 2. The molecule has 0 aliphatic heterocycles. The van der Waals surface area contributed by atoms with Crippen molar-refractivity contribution in [3.05, 3.63) is 90.2 Å². The summed E-state index contributed by atoms with van der Waals surface area (Å²) >= 11 is 0. The van der Waals surface area contributed by atoms with Crippen molar-refractivity contribution in [2.45, 2.75) is 6.42 Å². The molecule has 2 nitrogen and oxygen atoms in total. The highest BCUT2D eigenvalue weighted by Gasteiger charge is 2.25. The summed E-state index contributed by atoms with van der Waals surface area (Å²) in [6.07, 6.45) is 2.63. The highest BCUT2D eigenvalue weighted by Crippen LogP contribution is 2.42. The zero-order valence-electron chi connectivity index (χ0n) is 13.1. The summed E-state index contributed by atoms with van der Waals surface area (Å²) in [5.74, 6) is 0.902. The Morgan fingerprint density at radius 3 is 2.46 bits per heavy atom. The molecule has 1 aliphatic rings. The highest BCUT2D eigenvalue weighted by atomic mass is 16.3. The highest BCUT2D eigenvalue weighted by molar-refractivity contribution is 5.84. The molecule has 0 bridgehead atoms. The summed E-state index contributed by atoms with van der Waals surface area (Å²) in [6, 6.07) is 24.9. The fraction of sp³-hybridized carbons (Fsp3) is 0.0455. The van der Waals surface area contributed by atoms with Crippen molar-refractivity contribution < 1.29 is 4.42 Å². The molecule has 0 unspecified atom stereocenters. The molecule has 2 heteroatoms. The topological polar surface area (TPSA) is 26.0 Å². The van der Waals surface area contributed by atoms with E-state index in [0.717, 1.165) is 34.7 Å². The third kappa shape index (κ3) is 2.00. The average Bonchev–Trinajstić information content (AvgIpc) is 3.29. The number of rotatable bonds is 2. The predicted octanol–water partition coefficient (Wildman–Crippen LogP) is 5.58. The second-order valence-corrected chi connectivity index (χ2v) is 6.06. The second kappa shape index (κ2) is 5.20. The van der Waals surface area contributed by atoms with E-state index in [0.29, 0.717) is 0 Å². The normalized spacial score (nSPS) is 12.0. The lowest BCUT2D eigenvalue weighted by Crippen LogP contribution is -1.93. The van der Waals surface area contributed by atoms with Gasteiger partial charge >= 0.3 is 0 Å². The molecule has 114 valence electrons. The van der Waals surface area contributed by atoms with E-state index in [4.69, 9.17) is 9.40 Å². The van der Waals surface area contributed by atoms with Gasteiger partial charge in [0.25, 0.3) is 0 Å². The van der Waals surface area contributed by atoms with Gasteiger partial charge in [-0.15, -0.1) is 0 Å². The fourth-order valence-corrected chi connectivity index (χ4v) is 3.48. The number of hydrogen-bond acceptors (Lipinski definition) is 2. The number of furan rings is 1. The predicted molar refractivity (Wildman–Crippen MR) is 95.6 cm³/mol. The van der Waals surface area contributed by atoms with Gasteiger partial charge < -0.3 is 4.42 Å². The minimum absolute atomic E-state index is 0.902. The van der Waals surface area contributed by atoms with Crippen molar-refractivity contribution in [3.63, 3.8) is 0 Å². The first-order chi connectivity index (χ1) is 11.9. The largest absolute Gasteiger partial charge is 0.464 e. The summed E-state index contributed by atoms with van der Waals surface area (Å²) in [6.45, 7) is 0. The molecule has 0 saturated heterocycles. The Labute approximate surface area is 140 Å². The number of hydrogen-bond donors (Lipinski definition) is 0. The van der Waals surface area contributed by atoms with Crippen LogP contribution in [-0.4, -0.2) is 4.98 Å². The SMILES string of the molecule is c1ccc(-c2cc(-c3ccco3)c3c(n2)-c2ccccc2C3)cc1. The Balaban J connectivity index is 1.80. The molecule has 0 amide bonds. The Bertz CT molecular complexity index is 1020. The van der Waals surface area contributed by atoms with Crippen LogP contribution in [0.3, 0.4) is 0 Å². The van der Waals surface area contributed by atoms with Gasteiger partial charge in [-0.05, 0) is 29.3 Å².